The fourth-order valence-electron chi connectivity index (χ4n) is 0.733. The Morgan fingerprint density at radius 1 is 1.80 bits per heavy atom. The first-order valence-electron chi connectivity index (χ1n) is 2.91. The lowest BCUT2D eigenvalue weighted by Crippen LogP contribution is -2.07. The monoisotopic (exact) mass is 141 g/mol. The van der Waals surface area contributed by atoms with Gasteiger partial charge in [-0.25, -0.2) is 0 Å². The highest BCUT2D eigenvalue weighted by molar-refractivity contribution is 5.17. The minimum Gasteiger partial charge on any atom is -0.389 e. The second-order valence-corrected chi connectivity index (χ2v) is 2.05. The summed E-state index contributed by atoms with van der Waals surface area (Å²) >= 11 is 0. The Kier molecular flexibility index (Phi) is 1.82. The first kappa shape index (κ1) is 6.95. The van der Waals surface area contributed by atoms with Crippen molar-refractivity contribution in [2.45, 2.75) is 12.5 Å². The van der Waals surface area contributed by atoms with Crippen LogP contribution in [-0.2, 0) is 0 Å². The zero-order valence-corrected chi connectivity index (χ0v) is 5.23. The van der Waals surface area contributed by atoms with E-state index in [9.17, 15) is 10.1 Å². The molecule has 4 nitrogen and oxygen atoms in total. The van der Waals surface area contributed by atoms with Crippen molar-refractivity contribution in [3.63, 3.8) is 0 Å². The number of aliphatic hydroxyl groups excluding tert-OH is 1. The molecule has 1 rings (SSSR count). The van der Waals surface area contributed by atoms with Crippen molar-refractivity contribution in [1.82, 2.24) is 0 Å². The SMILES string of the molecule is O=[N+]([O-])C1=CC[C@@H](O)C=C1. The fraction of sp³-hybridized carbons (Fsp3) is 0.333. The molecule has 0 spiro atoms. The van der Waals surface area contributed by atoms with Gasteiger partial charge in [0.25, 0.3) is 5.70 Å². The average Bonchev–Trinajstić information content (AvgIpc) is 1.88. The third-order valence-corrected chi connectivity index (χ3v) is 1.27. The number of nitrogens with zero attached hydrogens (tertiary/aromatic N) is 1. The summed E-state index contributed by atoms with van der Waals surface area (Å²) in [5, 5.41) is 18.9. The molecule has 0 heterocycles. The number of nitro groups is 1. The molecule has 0 aromatic rings. The van der Waals surface area contributed by atoms with E-state index < -0.39 is 11.0 Å². The summed E-state index contributed by atoms with van der Waals surface area (Å²) in [6.07, 6.45) is 3.92. The third kappa shape index (κ3) is 1.41. The molecular weight excluding hydrogens is 134 g/mol. The van der Waals surface area contributed by atoms with Gasteiger partial charge >= 0.3 is 0 Å². The van der Waals surface area contributed by atoms with E-state index in [2.05, 4.69) is 0 Å². The molecule has 0 unspecified atom stereocenters. The normalized spacial score (nSPS) is 24.1. The molecule has 0 fully saturated rings. The van der Waals surface area contributed by atoms with Crippen molar-refractivity contribution in [1.29, 1.82) is 0 Å². The van der Waals surface area contributed by atoms with Crippen LogP contribution in [0.2, 0.25) is 0 Å². The zero-order chi connectivity index (χ0) is 7.56. The van der Waals surface area contributed by atoms with E-state index in [0.717, 1.165) is 0 Å². The molecule has 0 aromatic carbocycles. The van der Waals surface area contributed by atoms with Gasteiger partial charge in [0, 0.05) is 12.5 Å². The fourth-order valence-corrected chi connectivity index (χ4v) is 0.733. The maximum Gasteiger partial charge on any atom is 0.265 e. The van der Waals surface area contributed by atoms with Crippen LogP contribution in [0.15, 0.2) is 23.9 Å². The second-order valence-electron chi connectivity index (χ2n) is 2.05. The Bertz CT molecular complexity index is 207. The number of allylic oxidation sites excluding steroid dienone is 1. The van der Waals surface area contributed by atoms with Crippen LogP contribution in [0.25, 0.3) is 0 Å². The van der Waals surface area contributed by atoms with Crippen LogP contribution in [0, 0.1) is 10.1 Å². The van der Waals surface area contributed by atoms with Gasteiger partial charge in [0.2, 0.25) is 0 Å². The molecular formula is C6H7NO3. The summed E-state index contributed by atoms with van der Waals surface area (Å²) < 4.78 is 0. The summed E-state index contributed by atoms with van der Waals surface area (Å²) in [6, 6.07) is 0. The van der Waals surface area contributed by atoms with Crippen LogP contribution in [0.3, 0.4) is 0 Å². The lowest BCUT2D eigenvalue weighted by atomic mass is 10.1. The summed E-state index contributed by atoms with van der Waals surface area (Å²) in [6.45, 7) is 0. The van der Waals surface area contributed by atoms with E-state index in [1.54, 1.807) is 0 Å². The van der Waals surface area contributed by atoms with E-state index in [1.165, 1.54) is 18.2 Å². The van der Waals surface area contributed by atoms with Crippen molar-refractivity contribution in [3.05, 3.63) is 34.0 Å². The van der Waals surface area contributed by atoms with Crippen molar-refractivity contribution < 1.29 is 10.0 Å². The number of rotatable bonds is 1. The molecule has 10 heavy (non-hydrogen) atoms. The van der Waals surface area contributed by atoms with Crippen LogP contribution < -0.4 is 0 Å². The van der Waals surface area contributed by atoms with E-state index in [-0.39, 0.29) is 5.70 Å². The minimum atomic E-state index is -0.552. The van der Waals surface area contributed by atoms with Gasteiger partial charge in [-0.2, -0.15) is 0 Å². The quantitative estimate of drug-likeness (QED) is 0.426. The van der Waals surface area contributed by atoms with Crippen LogP contribution in [-0.4, -0.2) is 16.1 Å². The highest BCUT2D eigenvalue weighted by Gasteiger charge is 2.11. The molecule has 1 N–H and O–H groups in total. The molecule has 0 amide bonds. The first-order chi connectivity index (χ1) is 4.70. The molecule has 1 aliphatic rings. The largest absolute Gasteiger partial charge is 0.389 e. The molecule has 0 saturated heterocycles. The second kappa shape index (κ2) is 2.62. The zero-order valence-electron chi connectivity index (χ0n) is 5.23. The van der Waals surface area contributed by atoms with Gasteiger partial charge in [-0.3, -0.25) is 10.1 Å². The Morgan fingerprint density at radius 2 is 2.50 bits per heavy atom. The van der Waals surface area contributed by atoms with Crippen LogP contribution in [0.5, 0.6) is 0 Å². The van der Waals surface area contributed by atoms with Crippen LogP contribution >= 0.6 is 0 Å². The lowest BCUT2D eigenvalue weighted by Gasteiger charge is -2.04. The van der Waals surface area contributed by atoms with Gasteiger partial charge < -0.3 is 5.11 Å². The van der Waals surface area contributed by atoms with Crippen molar-refractivity contribution in [3.8, 4) is 0 Å². The molecule has 0 radical (unpaired) electrons. The lowest BCUT2D eigenvalue weighted by molar-refractivity contribution is -0.419. The Balaban J connectivity index is 2.67. The standard InChI is InChI=1S/C6H7NO3/c8-6-3-1-5(2-4-6)7(9)10/h1-3,6,8H,4H2/t6-/m0/s1. The maximum absolute atomic E-state index is 10.1. The topological polar surface area (TPSA) is 63.4 Å². The predicted molar refractivity (Wildman–Crippen MR) is 34.8 cm³/mol. The Labute approximate surface area is 57.6 Å². The van der Waals surface area contributed by atoms with E-state index in [0.29, 0.717) is 6.42 Å². The van der Waals surface area contributed by atoms with Gasteiger partial charge in [-0.1, -0.05) is 0 Å². The van der Waals surface area contributed by atoms with Crippen LogP contribution in [0.4, 0.5) is 0 Å². The van der Waals surface area contributed by atoms with Gasteiger partial charge in [0.05, 0.1) is 11.0 Å². The molecule has 0 aromatic heterocycles. The Morgan fingerprint density at radius 3 is 2.90 bits per heavy atom. The smallest absolute Gasteiger partial charge is 0.265 e. The predicted octanol–water partition coefficient (Wildman–Crippen LogP) is 0.468. The minimum absolute atomic E-state index is 0.0605. The molecule has 0 bridgehead atoms. The number of hydrogen-bond donors (Lipinski definition) is 1. The summed E-state index contributed by atoms with van der Waals surface area (Å²) in [4.78, 5) is 9.60. The number of hydrogen-bond acceptors (Lipinski definition) is 3. The average molecular weight is 141 g/mol. The maximum atomic E-state index is 10.1. The van der Waals surface area contributed by atoms with Crippen molar-refractivity contribution in [2.24, 2.45) is 0 Å². The molecule has 1 atom stereocenters. The van der Waals surface area contributed by atoms with E-state index in [1.807, 2.05) is 0 Å². The highest BCUT2D eigenvalue weighted by atomic mass is 16.6. The summed E-state index contributed by atoms with van der Waals surface area (Å²) in [5.74, 6) is 0. The number of aliphatic hydroxyl groups is 1. The van der Waals surface area contributed by atoms with Gasteiger partial charge in [0.1, 0.15) is 0 Å². The molecule has 4 heteroatoms. The molecule has 0 saturated carbocycles. The van der Waals surface area contributed by atoms with E-state index in [4.69, 9.17) is 5.11 Å². The molecule has 0 aliphatic heterocycles. The van der Waals surface area contributed by atoms with E-state index >= 15 is 0 Å². The van der Waals surface area contributed by atoms with Crippen molar-refractivity contribution >= 4 is 0 Å². The van der Waals surface area contributed by atoms with Gasteiger partial charge in [-0.15, -0.1) is 0 Å². The summed E-state index contributed by atoms with van der Waals surface area (Å²) in [7, 11) is 0. The Hall–Kier alpha value is -1.16. The molecule has 1 aliphatic carbocycles. The third-order valence-electron chi connectivity index (χ3n) is 1.27. The van der Waals surface area contributed by atoms with Gasteiger partial charge in [0.15, 0.2) is 0 Å². The van der Waals surface area contributed by atoms with Crippen molar-refractivity contribution in [2.75, 3.05) is 0 Å². The highest BCUT2D eigenvalue weighted by Crippen LogP contribution is 2.09. The summed E-state index contributed by atoms with van der Waals surface area (Å²) in [5.41, 5.74) is 0.0605. The van der Waals surface area contributed by atoms with Gasteiger partial charge in [-0.05, 0) is 12.2 Å². The molecule has 54 valence electrons. The first-order valence-corrected chi connectivity index (χ1v) is 2.91. The van der Waals surface area contributed by atoms with Crippen LogP contribution in [0.1, 0.15) is 6.42 Å².